The Balaban J connectivity index is 1.70. The van der Waals surface area contributed by atoms with Crippen LogP contribution in [0.2, 0.25) is 0 Å². The van der Waals surface area contributed by atoms with Gasteiger partial charge in [0, 0.05) is 30.0 Å². The number of aromatic nitrogens is 2. The summed E-state index contributed by atoms with van der Waals surface area (Å²) in [7, 11) is 0. The Morgan fingerprint density at radius 3 is 2.54 bits per heavy atom. The van der Waals surface area contributed by atoms with Gasteiger partial charge in [0.25, 0.3) is 5.69 Å². The van der Waals surface area contributed by atoms with Crippen molar-refractivity contribution < 1.29 is 19.1 Å². The number of nitro groups is 1. The van der Waals surface area contributed by atoms with Crippen molar-refractivity contribution in [1.82, 2.24) is 4.98 Å². The summed E-state index contributed by atoms with van der Waals surface area (Å²) in [6.45, 7) is 0.00424. The van der Waals surface area contributed by atoms with Crippen molar-refractivity contribution in [3.05, 3.63) is 87.7 Å². The number of fused-ring (bicyclic) bond motifs is 3. The van der Waals surface area contributed by atoms with Crippen molar-refractivity contribution in [3.63, 3.8) is 0 Å². The summed E-state index contributed by atoms with van der Waals surface area (Å²) in [5, 5.41) is 10.7. The van der Waals surface area contributed by atoms with E-state index in [1.807, 2.05) is 0 Å². The van der Waals surface area contributed by atoms with Crippen molar-refractivity contribution in [2.45, 2.75) is 6.54 Å². The van der Waals surface area contributed by atoms with Gasteiger partial charge >= 0.3 is 0 Å². The highest BCUT2D eigenvalue weighted by Gasteiger charge is 2.36. The fraction of sp³-hybridized carbons (Fsp3) is 0.0526. The fourth-order valence-electron chi connectivity index (χ4n) is 3.07. The smallest absolute Gasteiger partial charge is 0.269 e. The number of non-ortho nitro benzene ring substituents is 1. The normalized spacial score (nSPS) is 11.8. The summed E-state index contributed by atoms with van der Waals surface area (Å²) in [6.07, 6.45) is 3.33. The molecule has 0 N–H and O–H groups in total. The molecule has 0 spiro atoms. The summed E-state index contributed by atoms with van der Waals surface area (Å²) < 4.78 is 1.69. The number of hydrogen-bond acceptors (Lipinski definition) is 5. The maximum atomic E-state index is 12.6. The Bertz CT molecular complexity index is 1070. The number of carbonyl (C=O) groups is 2. The Labute approximate surface area is 147 Å². The first-order valence-corrected chi connectivity index (χ1v) is 7.86. The van der Waals surface area contributed by atoms with Crippen LogP contribution in [0.25, 0.3) is 11.4 Å². The maximum absolute atomic E-state index is 12.6. The lowest BCUT2D eigenvalue weighted by Gasteiger charge is -2.03. The zero-order valence-electron chi connectivity index (χ0n) is 13.5. The van der Waals surface area contributed by atoms with E-state index >= 15 is 0 Å². The molecule has 0 bridgehead atoms. The van der Waals surface area contributed by atoms with Crippen molar-refractivity contribution >= 4 is 17.3 Å². The second kappa shape index (κ2) is 5.96. The number of ketones is 2. The summed E-state index contributed by atoms with van der Waals surface area (Å²) in [4.78, 5) is 39.6. The highest BCUT2D eigenvalue weighted by Crippen LogP contribution is 2.31. The van der Waals surface area contributed by atoms with Gasteiger partial charge < -0.3 is 0 Å². The number of carbonyl (C=O) groups excluding carboxylic acids is 2. The third-order valence-corrected chi connectivity index (χ3v) is 4.31. The second-order valence-corrected chi connectivity index (χ2v) is 5.85. The van der Waals surface area contributed by atoms with Gasteiger partial charge in [-0.25, -0.2) is 4.98 Å². The zero-order valence-corrected chi connectivity index (χ0v) is 13.5. The monoisotopic (exact) mass is 346 g/mol. The van der Waals surface area contributed by atoms with Crippen LogP contribution in [0.4, 0.5) is 5.69 Å². The number of hydrogen-bond donors (Lipinski definition) is 0. The molecule has 0 unspecified atom stereocenters. The molecule has 126 valence electrons. The maximum Gasteiger partial charge on any atom is 0.269 e. The van der Waals surface area contributed by atoms with Crippen molar-refractivity contribution in [2.75, 3.05) is 0 Å². The van der Waals surface area contributed by atoms with Gasteiger partial charge in [-0.15, -0.1) is 0 Å². The molecule has 7 heteroatoms. The van der Waals surface area contributed by atoms with Crippen LogP contribution in [-0.4, -0.2) is 21.5 Å². The summed E-state index contributed by atoms with van der Waals surface area (Å²) in [5.74, 6) is -0.324. The van der Waals surface area contributed by atoms with Gasteiger partial charge in [0.05, 0.1) is 16.1 Å². The molecule has 0 fully saturated rings. The van der Waals surface area contributed by atoms with Crippen LogP contribution in [0.3, 0.4) is 0 Å². The summed E-state index contributed by atoms with van der Waals surface area (Å²) >= 11 is 0. The molecule has 0 saturated carbocycles. The van der Waals surface area contributed by atoms with E-state index < -0.39 is 4.92 Å². The van der Waals surface area contributed by atoms with E-state index in [9.17, 15) is 19.7 Å². The molecule has 7 nitrogen and oxygen atoms in total. The molecule has 3 aromatic rings. The SMILES string of the molecule is O=C(C[n+]1cccc2c1-c1ncccc1C2=O)c1ccc([N+](=O)[O-])cc1. The van der Waals surface area contributed by atoms with Crippen LogP contribution in [0.1, 0.15) is 26.3 Å². The molecule has 26 heavy (non-hydrogen) atoms. The minimum atomic E-state index is -0.513. The molecule has 4 rings (SSSR count). The number of Topliss-reactive ketones (excluding diaryl/α,β-unsaturated/α-hetero) is 1. The third-order valence-electron chi connectivity index (χ3n) is 4.31. The quantitative estimate of drug-likeness (QED) is 0.245. The van der Waals surface area contributed by atoms with E-state index in [-0.39, 0.29) is 23.8 Å². The van der Waals surface area contributed by atoms with E-state index in [2.05, 4.69) is 4.98 Å². The minimum Gasteiger partial charge on any atom is -0.288 e. The first-order chi connectivity index (χ1) is 12.6. The molecule has 0 amide bonds. The van der Waals surface area contributed by atoms with Crippen molar-refractivity contribution in [2.24, 2.45) is 0 Å². The standard InChI is InChI=1S/C19H12N3O4/c23-16(12-5-7-13(8-6-12)22(25)26)11-21-10-2-4-15-18(21)17-14(19(15)24)3-1-9-20-17/h1-10H,11H2/q+1. The number of nitrogens with zero attached hydrogens (tertiary/aromatic N) is 3. The number of pyridine rings is 2. The molecule has 2 heterocycles. The van der Waals surface area contributed by atoms with Crippen LogP contribution in [-0.2, 0) is 6.54 Å². The van der Waals surface area contributed by atoms with Crippen molar-refractivity contribution in [3.8, 4) is 11.4 Å². The minimum absolute atomic E-state index is 0.00424. The van der Waals surface area contributed by atoms with E-state index in [1.54, 1.807) is 41.2 Å². The topological polar surface area (TPSA) is 94.1 Å². The highest BCUT2D eigenvalue weighted by atomic mass is 16.6. The van der Waals surface area contributed by atoms with Crippen LogP contribution < -0.4 is 4.57 Å². The van der Waals surface area contributed by atoms with Crippen LogP contribution in [0.5, 0.6) is 0 Å². The number of nitro benzene ring substituents is 1. The Morgan fingerprint density at radius 1 is 1.08 bits per heavy atom. The summed E-state index contributed by atoms with van der Waals surface area (Å²) in [6, 6.07) is 12.3. The Morgan fingerprint density at radius 2 is 1.81 bits per heavy atom. The van der Waals surface area contributed by atoms with Gasteiger partial charge in [-0.1, -0.05) is 0 Å². The van der Waals surface area contributed by atoms with Crippen LogP contribution in [0, 0.1) is 10.1 Å². The summed E-state index contributed by atoms with van der Waals surface area (Å²) in [5.41, 5.74) is 2.50. The van der Waals surface area contributed by atoms with Gasteiger partial charge in [0.1, 0.15) is 5.69 Å². The zero-order chi connectivity index (χ0) is 18.3. The molecule has 1 aromatic carbocycles. The van der Waals surface area contributed by atoms with Crippen molar-refractivity contribution in [1.29, 1.82) is 0 Å². The molecule has 0 aliphatic heterocycles. The first-order valence-electron chi connectivity index (χ1n) is 7.86. The largest absolute Gasteiger partial charge is 0.288 e. The average molecular weight is 346 g/mol. The van der Waals surface area contributed by atoms with E-state index in [1.165, 1.54) is 24.3 Å². The van der Waals surface area contributed by atoms with Crippen LogP contribution >= 0.6 is 0 Å². The average Bonchev–Trinajstić information content (AvgIpc) is 2.96. The van der Waals surface area contributed by atoms with Gasteiger partial charge in [0.2, 0.25) is 23.8 Å². The molecular weight excluding hydrogens is 334 g/mol. The fourth-order valence-corrected chi connectivity index (χ4v) is 3.07. The second-order valence-electron chi connectivity index (χ2n) is 5.85. The molecule has 0 saturated heterocycles. The molecule has 0 radical (unpaired) electrons. The lowest BCUT2D eigenvalue weighted by molar-refractivity contribution is -0.672. The van der Waals surface area contributed by atoms with Crippen LogP contribution in [0.15, 0.2) is 60.9 Å². The molecule has 0 atom stereocenters. The molecule has 1 aliphatic rings. The highest BCUT2D eigenvalue weighted by molar-refractivity contribution is 6.19. The predicted molar refractivity (Wildman–Crippen MR) is 90.7 cm³/mol. The Kier molecular flexibility index (Phi) is 3.62. The van der Waals surface area contributed by atoms with E-state index in [4.69, 9.17) is 0 Å². The Hall–Kier alpha value is -3.74. The molecule has 1 aliphatic carbocycles. The number of benzene rings is 1. The van der Waals surface area contributed by atoms with Gasteiger partial charge in [0.15, 0.2) is 6.20 Å². The van der Waals surface area contributed by atoms with Gasteiger partial charge in [-0.3, -0.25) is 19.7 Å². The lowest BCUT2D eigenvalue weighted by Crippen LogP contribution is -2.40. The van der Waals surface area contributed by atoms with Gasteiger partial charge in [-0.2, -0.15) is 4.57 Å². The lowest BCUT2D eigenvalue weighted by atomic mass is 10.1. The molecule has 2 aromatic heterocycles. The third kappa shape index (κ3) is 2.46. The predicted octanol–water partition coefficient (Wildman–Crippen LogP) is 2.37. The van der Waals surface area contributed by atoms with E-state index in [0.717, 1.165) is 0 Å². The van der Waals surface area contributed by atoms with Gasteiger partial charge in [-0.05, 0) is 30.3 Å². The molecular formula is C19H12N3O4+. The van der Waals surface area contributed by atoms with E-state index in [0.29, 0.717) is 28.1 Å². The number of rotatable bonds is 4. The first kappa shape index (κ1) is 15.8.